The summed E-state index contributed by atoms with van der Waals surface area (Å²) in [6.07, 6.45) is 0. The lowest BCUT2D eigenvalue weighted by Gasteiger charge is -2.15. The first-order valence-electron chi connectivity index (χ1n) is 21.5. The molecule has 0 spiro atoms. The van der Waals surface area contributed by atoms with E-state index < -0.39 is 0 Å². The Morgan fingerprint density at radius 1 is 0.286 bits per heavy atom. The van der Waals surface area contributed by atoms with Gasteiger partial charge in [-0.2, -0.15) is 0 Å². The van der Waals surface area contributed by atoms with Crippen molar-refractivity contribution in [3.05, 3.63) is 212 Å². The van der Waals surface area contributed by atoms with Crippen LogP contribution in [0.25, 0.3) is 126 Å². The van der Waals surface area contributed by atoms with Crippen LogP contribution in [0.5, 0.6) is 0 Å². The molecule has 5 heteroatoms. The van der Waals surface area contributed by atoms with Crippen molar-refractivity contribution in [1.29, 1.82) is 0 Å². The zero-order valence-electron chi connectivity index (χ0n) is 33.9. The van der Waals surface area contributed by atoms with Gasteiger partial charge in [0, 0.05) is 49.3 Å². The summed E-state index contributed by atoms with van der Waals surface area (Å²) >= 11 is 0. The molecule has 5 nitrogen and oxygen atoms in total. The van der Waals surface area contributed by atoms with Gasteiger partial charge < -0.3 is 9.13 Å². The lowest BCUT2D eigenvalue weighted by Crippen LogP contribution is -2.04. The third-order valence-electron chi connectivity index (χ3n) is 13.2. The molecule has 0 aliphatic rings. The van der Waals surface area contributed by atoms with Gasteiger partial charge in [0.15, 0.2) is 5.82 Å². The Kier molecular flexibility index (Phi) is 7.05. The number of aromatic nitrogens is 5. The molecule has 10 aromatic carbocycles. The van der Waals surface area contributed by atoms with Crippen molar-refractivity contribution in [2.45, 2.75) is 0 Å². The van der Waals surface area contributed by atoms with Gasteiger partial charge >= 0.3 is 0 Å². The summed E-state index contributed by atoms with van der Waals surface area (Å²) < 4.78 is 7.22. The molecule has 0 radical (unpaired) electrons. The molecule has 0 unspecified atom stereocenters. The Balaban J connectivity index is 1.05. The molecule has 0 atom stereocenters. The minimum atomic E-state index is 0.803. The minimum absolute atomic E-state index is 0.803. The van der Waals surface area contributed by atoms with Gasteiger partial charge in [0.05, 0.1) is 44.1 Å². The summed E-state index contributed by atoms with van der Waals surface area (Å²) in [7, 11) is 0. The highest BCUT2D eigenvalue weighted by molar-refractivity contribution is 6.29. The molecule has 292 valence electrons. The van der Waals surface area contributed by atoms with Crippen molar-refractivity contribution in [1.82, 2.24) is 23.7 Å². The smallest absolute Gasteiger partial charge is 0.165 e. The Hall–Kier alpha value is -8.54. The molecular formula is C58H35N5. The van der Waals surface area contributed by atoms with Gasteiger partial charge in [0.1, 0.15) is 5.69 Å². The summed E-state index contributed by atoms with van der Waals surface area (Å²) in [6, 6.07) is 76.7. The van der Waals surface area contributed by atoms with Gasteiger partial charge in [0.25, 0.3) is 0 Å². The third-order valence-corrected chi connectivity index (χ3v) is 13.2. The molecule has 0 amide bonds. The Bertz CT molecular complexity index is 4220. The van der Waals surface area contributed by atoms with Crippen molar-refractivity contribution < 1.29 is 0 Å². The molecule has 4 aromatic heterocycles. The summed E-state index contributed by atoms with van der Waals surface area (Å²) in [4.78, 5) is 10.8. The molecule has 0 bridgehead atoms. The Labute approximate surface area is 360 Å². The van der Waals surface area contributed by atoms with Crippen LogP contribution in [0, 0.1) is 0 Å². The maximum atomic E-state index is 5.47. The number of nitrogens with zero attached hydrogens (tertiary/aromatic N) is 5. The predicted octanol–water partition coefficient (Wildman–Crippen LogP) is 14.9. The Morgan fingerprint density at radius 2 is 0.762 bits per heavy atom. The molecule has 14 aromatic rings. The van der Waals surface area contributed by atoms with E-state index in [2.05, 4.69) is 214 Å². The molecular weight excluding hydrogens is 767 g/mol. The summed E-state index contributed by atoms with van der Waals surface area (Å²) in [5.74, 6) is 0.803. The zero-order valence-corrected chi connectivity index (χ0v) is 33.9. The molecule has 14 rings (SSSR count). The van der Waals surface area contributed by atoms with Crippen LogP contribution in [0.4, 0.5) is 0 Å². The first-order chi connectivity index (χ1) is 31.2. The van der Waals surface area contributed by atoms with Crippen LogP contribution >= 0.6 is 0 Å². The van der Waals surface area contributed by atoms with Crippen LogP contribution in [-0.2, 0) is 0 Å². The zero-order chi connectivity index (χ0) is 41.2. The number of hydrogen-bond acceptors (Lipinski definition) is 2. The molecule has 0 fully saturated rings. The van der Waals surface area contributed by atoms with Crippen LogP contribution in [-0.4, -0.2) is 23.7 Å². The first kappa shape index (κ1) is 34.2. The van der Waals surface area contributed by atoms with Gasteiger partial charge in [-0.1, -0.05) is 140 Å². The minimum Gasteiger partial charge on any atom is -0.309 e. The third kappa shape index (κ3) is 4.93. The number of rotatable bonds is 4. The predicted molar refractivity (Wildman–Crippen MR) is 263 cm³/mol. The average Bonchev–Trinajstić information content (AvgIpc) is 3.98. The molecule has 0 saturated carbocycles. The Morgan fingerprint density at radius 3 is 1.43 bits per heavy atom. The van der Waals surface area contributed by atoms with Crippen LogP contribution in [0.15, 0.2) is 212 Å². The van der Waals surface area contributed by atoms with Crippen LogP contribution < -0.4 is 0 Å². The van der Waals surface area contributed by atoms with E-state index in [1.54, 1.807) is 0 Å². The van der Waals surface area contributed by atoms with E-state index in [1.807, 2.05) is 12.1 Å². The van der Waals surface area contributed by atoms with Crippen molar-refractivity contribution in [2.24, 2.45) is 0 Å². The molecule has 63 heavy (non-hydrogen) atoms. The lowest BCUT2D eigenvalue weighted by atomic mass is 10.0. The van der Waals surface area contributed by atoms with Crippen LogP contribution in [0.2, 0.25) is 0 Å². The molecule has 4 heterocycles. The SMILES string of the molecule is c1ccc2cc(-c3nc4ccccc4nc3-n3c4ccccc4c4ccc(-n5c6ccccc6c6c7c8ccccc8n(-c8ccc9ccccc9c8)c7ccc65)cc43)ccc2c1. The fraction of sp³-hybridized carbons (Fsp3) is 0. The fourth-order valence-corrected chi connectivity index (χ4v) is 10.4. The number of para-hydroxylation sites is 5. The van der Waals surface area contributed by atoms with Gasteiger partial charge in [0.2, 0.25) is 0 Å². The first-order valence-corrected chi connectivity index (χ1v) is 21.5. The number of hydrogen-bond donors (Lipinski definition) is 0. The lowest BCUT2D eigenvalue weighted by molar-refractivity contribution is 1.08. The van der Waals surface area contributed by atoms with Crippen molar-refractivity contribution in [2.75, 3.05) is 0 Å². The highest BCUT2D eigenvalue weighted by atomic mass is 15.1. The molecule has 0 N–H and O–H groups in total. The largest absolute Gasteiger partial charge is 0.309 e. The average molecular weight is 802 g/mol. The van der Waals surface area contributed by atoms with Crippen molar-refractivity contribution >= 4 is 98.0 Å². The normalized spacial score (nSPS) is 12.1. The van der Waals surface area contributed by atoms with Gasteiger partial charge in [-0.15, -0.1) is 0 Å². The van der Waals surface area contributed by atoms with Crippen molar-refractivity contribution in [3.63, 3.8) is 0 Å². The maximum absolute atomic E-state index is 5.47. The van der Waals surface area contributed by atoms with E-state index in [4.69, 9.17) is 9.97 Å². The van der Waals surface area contributed by atoms with Gasteiger partial charge in [-0.05, 0) is 94.3 Å². The van der Waals surface area contributed by atoms with E-state index in [0.717, 1.165) is 66.9 Å². The van der Waals surface area contributed by atoms with E-state index in [9.17, 15) is 0 Å². The van der Waals surface area contributed by atoms with E-state index in [-0.39, 0.29) is 0 Å². The van der Waals surface area contributed by atoms with E-state index in [1.165, 1.54) is 59.5 Å². The second-order valence-corrected chi connectivity index (χ2v) is 16.6. The maximum Gasteiger partial charge on any atom is 0.165 e. The molecule has 0 aliphatic heterocycles. The topological polar surface area (TPSA) is 40.6 Å². The van der Waals surface area contributed by atoms with Crippen molar-refractivity contribution in [3.8, 4) is 28.5 Å². The quantitative estimate of drug-likeness (QED) is 0.178. The summed E-state index contributed by atoms with van der Waals surface area (Å²) in [6.45, 7) is 0. The number of fused-ring (bicyclic) bond motifs is 13. The van der Waals surface area contributed by atoms with Gasteiger partial charge in [-0.3, -0.25) is 4.57 Å². The highest BCUT2D eigenvalue weighted by Gasteiger charge is 2.23. The molecule has 0 aliphatic carbocycles. The summed E-state index contributed by atoms with van der Waals surface area (Å²) in [5, 5.41) is 12.1. The van der Waals surface area contributed by atoms with E-state index >= 15 is 0 Å². The van der Waals surface area contributed by atoms with Crippen LogP contribution in [0.1, 0.15) is 0 Å². The standard InChI is InChI=1S/C58H35N5/c1-3-15-38-33-40(26-25-36(38)13-1)57-58(60-48-21-9-8-20-47(48)59-57)63-49-22-10-5-17-43(49)44-30-29-42(35-54(44)63)62-51-24-12-7-19-46(51)56-53(62)32-31-52-55(56)45-18-6-11-23-50(45)61(52)41-28-27-37-14-2-4-16-39(37)34-41/h1-35H. The fourth-order valence-electron chi connectivity index (χ4n) is 10.4. The van der Waals surface area contributed by atoms with E-state index in [0.29, 0.717) is 0 Å². The second-order valence-electron chi connectivity index (χ2n) is 16.6. The molecule has 0 saturated heterocycles. The second kappa shape index (κ2) is 13.0. The number of benzene rings is 10. The highest BCUT2D eigenvalue weighted by Crippen LogP contribution is 2.44. The summed E-state index contributed by atoms with van der Waals surface area (Å²) in [5.41, 5.74) is 12.7. The monoisotopic (exact) mass is 801 g/mol. The van der Waals surface area contributed by atoms with Gasteiger partial charge in [-0.25, -0.2) is 9.97 Å². The van der Waals surface area contributed by atoms with Crippen LogP contribution in [0.3, 0.4) is 0 Å².